The van der Waals surface area contributed by atoms with Crippen LogP contribution in [0.4, 0.5) is 4.79 Å². The van der Waals surface area contributed by atoms with Gasteiger partial charge in [0.25, 0.3) is 5.72 Å². The van der Waals surface area contributed by atoms with E-state index in [1.807, 2.05) is 0 Å². The fourth-order valence-corrected chi connectivity index (χ4v) is 4.53. The van der Waals surface area contributed by atoms with Gasteiger partial charge in [-0.1, -0.05) is 6.07 Å². The number of carbonyl (C=O) groups excluding carboxylic acids is 2. The highest BCUT2D eigenvalue weighted by atomic mass is 32.2. The average molecular weight is 445 g/mol. The van der Waals surface area contributed by atoms with E-state index in [0.717, 1.165) is 23.7 Å². The Morgan fingerprint density at radius 2 is 2.10 bits per heavy atom. The predicted molar refractivity (Wildman–Crippen MR) is 103 cm³/mol. The van der Waals surface area contributed by atoms with E-state index in [1.54, 1.807) is 17.5 Å². The molecule has 0 aromatic carbocycles. The summed E-state index contributed by atoms with van der Waals surface area (Å²) in [6.45, 7) is -0.374. The summed E-state index contributed by atoms with van der Waals surface area (Å²) in [6, 6.07) is 3.48. The number of carbonyl (C=O) groups is 4. The summed E-state index contributed by atoms with van der Waals surface area (Å²) in [6.07, 6.45) is -1.14. The van der Waals surface area contributed by atoms with Crippen LogP contribution in [0.3, 0.4) is 0 Å². The van der Waals surface area contributed by atoms with Gasteiger partial charge in [0.15, 0.2) is 0 Å². The number of methoxy groups -OCH3 is 1. The molecule has 1 aliphatic rings. The second kappa shape index (κ2) is 9.62. The second-order valence-corrected chi connectivity index (χ2v) is 7.90. The first-order valence-corrected chi connectivity index (χ1v) is 10.00. The molecule has 6 N–H and O–H groups in total. The van der Waals surface area contributed by atoms with Crippen LogP contribution in [0.2, 0.25) is 0 Å². The molecule has 2 atom stereocenters. The first kappa shape index (κ1) is 22.5. The molecule has 1 aliphatic heterocycles. The molecule has 29 heavy (non-hydrogen) atoms. The van der Waals surface area contributed by atoms with Crippen molar-refractivity contribution in [3.63, 3.8) is 0 Å². The number of hydrogen-bond donors (Lipinski definition) is 5. The van der Waals surface area contributed by atoms with Crippen LogP contribution >= 0.6 is 23.1 Å². The van der Waals surface area contributed by atoms with Gasteiger partial charge in [-0.3, -0.25) is 4.79 Å². The Hall–Kier alpha value is -2.77. The van der Waals surface area contributed by atoms with Gasteiger partial charge in [0.05, 0.1) is 6.42 Å². The average Bonchev–Trinajstić information content (AvgIpc) is 3.16. The van der Waals surface area contributed by atoms with E-state index in [-0.39, 0.29) is 30.1 Å². The molecule has 1 aromatic heterocycles. The molecule has 0 spiro atoms. The van der Waals surface area contributed by atoms with Gasteiger partial charge >= 0.3 is 18.0 Å². The summed E-state index contributed by atoms with van der Waals surface area (Å²) in [7, 11) is 1.09. The van der Waals surface area contributed by atoms with E-state index < -0.39 is 35.0 Å². The maximum Gasteiger partial charge on any atom is 0.404 e. The number of carboxylic acid groups (broad SMARTS) is 2. The second-order valence-electron chi connectivity index (χ2n) is 5.78. The molecule has 0 fully saturated rings. The van der Waals surface area contributed by atoms with Crippen LogP contribution in [-0.2, 0) is 30.3 Å². The molecule has 11 nitrogen and oxygen atoms in total. The molecule has 13 heteroatoms. The minimum atomic E-state index is -2.24. The maximum atomic E-state index is 12.4. The van der Waals surface area contributed by atoms with Crippen LogP contribution in [0.1, 0.15) is 4.88 Å². The molecule has 2 amide bonds. The summed E-state index contributed by atoms with van der Waals surface area (Å²) < 4.78 is 9.79. The van der Waals surface area contributed by atoms with Gasteiger partial charge in [-0.25, -0.2) is 14.4 Å². The van der Waals surface area contributed by atoms with Crippen LogP contribution < -0.4 is 16.4 Å². The molecular formula is C16H19N3O8S2. The molecule has 2 rings (SSSR count). The Bertz CT molecular complexity index is 826. The fraction of sp³-hybridized carbons (Fsp3) is 0.375. The molecule has 0 saturated heterocycles. The normalized spacial score (nSPS) is 18.3. The van der Waals surface area contributed by atoms with E-state index in [9.17, 15) is 29.4 Å². The number of aliphatic carboxylic acids is 2. The number of hydrogen-bond acceptors (Lipinski definition) is 9. The number of nitrogens with two attached hydrogens (primary N) is 1. The third-order valence-corrected chi connectivity index (χ3v) is 6.08. The molecule has 0 saturated carbocycles. The number of amides is 2. The minimum absolute atomic E-state index is 0.00572. The van der Waals surface area contributed by atoms with Crippen LogP contribution in [0.5, 0.6) is 0 Å². The Labute approximate surface area is 173 Å². The van der Waals surface area contributed by atoms with Crippen molar-refractivity contribution in [3.8, 4) is 0 Å². The predicted octanol–water partition coefficient (Wildman–Crippen LogP) is -0.0694. The summed E-state index contributed by atoms with van der Waals surface area (Å²) in [5.74, 6) is -3.50. The summed E-state index contributed by atoms with van der Waals surface area (Å²) in [5.41, 5.74) is 2.49. The standard InChI is InChI=1S/C16H19N3O8S2/c1-26-16(14(23)24,19-10(20)5-9-3-2-4-28-9)13-18-11(12(21)22)8(7-29-13)6-27-15(17)25/h2-4,13,18H,5-7H2,1H3,(H2,17,25)(H,19,20)(H,21,22)(H,23,24)/t13-,16-/m1/s1. The zero-order valence-corrected chi connectivity index (χ0v) is 16.8. The van der Waals surface area contributed by atoms with Gasteiger partial charge in [0.2, 0.25) is 5.91 Å². The van der Waals surface area contributed by atoms with Crippen molar-refractivity contribution in [2.45, 2.75) is 17.5 Å². The third kappa shape index (κ3) is 5.40. The number of thiophene rings is 1. The third-order valence-electron chi connectivity index (χ3n) is 3.90. The molecule has 0 aliphatic carbocycles. The number of primary amides is 1. The van der Waals surface area contributed by atoms with Crippen LogP contribution in [-0.4, -0.2) is 64.7 Å². The van der Waals surface area contributed by atoms with Crippen LogP contribution in [0, 0.1) is 0 Å². The molecular weight excluding hydrogens is 426 g/mol. The Balaban J connectivity index is 2.25. The monoisotopic (exact) mass is 445 g/mol. The molecule has 0 bridgehead atoms. The highest BCUT2D eigenvalue weighted by Gasteiger charge is 2.51. The smallest absolute Gasteiger partial charge is 0.404 e. The Morgan fingerprint density at radius 3 is 2.62 bits per heavy atom. The van der Waals surface area contributed by atoms with E-state index >= 15 is 0 Å². The lowest BCUT2D eigenvalue weighted by Crippen LogP contribution is -2.67. The number of carboxylic acids is 2. The van der Waals surface area contributed by atoms with Gasteiger partial charge < -0.3 is 36.1 Å². The minimum Gasteiger partial charge on any atom is -0.478 e. The van der Waals surface area contributed by atoms with Gasteiger partial charge in [0.1, 0.15) is 17.7 Å². The van der Waals surface area contributed by atoms with Gasteiger partial charge in [0, 0.05) is 23.3 Å². The SMILES string of the molecule is CO[C@@](NC(=O)Cc1cccs1)(C(=O)O)[C@@H]1NC(C(=O)O)=C(COC(N)=O)CS1. The summed E-state index contributed by atoms with van der Waals surface area (Å²) in [5, 5.41) is 24.7. The van der Waals surface area contributed by atoms with Gasteiger partial charge in [-0.05, 0) is 11.4 Å². The number of ether oxygens (including phenoxy) is 2. The van der Waals surface area contributed by atoms with Gasteiger partial charge in [-0.15, -0.1) is 23.1 Å². The number of nitrogens with one attached hydrogen (secondary N) is 2. The van der Waals surface area contributed by atoms with Gasteiger partial charge in [-0.2, -0.15) is 0 Å². The van der Waals surface area contributed by atoms with E-state index in [2.05, 4.69) is 15.4 Å². The van der Waals surface area contributed by atoms with E-state index in [1.165, 1.54) is 11.3 Å². The van der Waals surface area contributed by atoms with E-state index in [4.69, 9.17) is 10.5 Å². The highest BCUT2D eigenvalue weighted by Crippen LogP contribution is 2.31. The topological polar surface area (TPSA) is 177 Å². The zero-order valence-electron chi connectivity index (χ0n) is 15.2. The quantitative estimate of drug-likeness (QED) is 0.323. The van der Waals surface area contributed by atoms with Crippen molar-refractivity contribution < 1.29 is 38.9 Å². The van der Waals surface area contributed by atoms with E-state index in [0.29, 0.717) is 0 Å². The van der Waals surface area contributed by atoms with Crippen molar-refractivity contribution in [1.29, 1.82) is 0 Å². The molecule has 0 unspecified atom stereocenters. The molecule has 2 heterocycles. The lowest BCUT2D eigenvalue weighted by Gasteiger charge is -2.39. The van der Waals surface area contributed by atoms with Crippen molar-refractivity contribution in [2.24, 2.45) is 5.73 Å². The molecule has 0 radical (unpaired) electrons. The fourth-order valence-electron chi connectivity index (χ4n) is 2.53. The lowest BCUT2D eigenvalue weighted by atomic mass is 10.1. The number of rotatable bonds is 9. The largest absolute Gasteiger partial charge is 0.478 e. The summed E-state index contributed by atoms with van der Waals surface area (Å²) in [4.78, 5) is 47.5. The van der Waals surface area contributed by atoms with Crippen molar-refractivity contribution in [1.82, 2.24) is 10.6 Å². The Kier molecular flexibility index (Phi) is 7.47. The lowest BCUT2D eigenvalue weighted by molar-refractivity contribution is -0.171. The summed E-state index contributed by atoms with van der Waals surface area (Å²) >= 11 is 2.31. The molecule has 1 aromatic rings. The molecule has 158 valence electrons. The van der Waals surface area contributed by atoms with Crippen molar-refractivity contribution in [2.75, 3.05) is 19.5 Å². The highest BCUT2D eigenvalue weighted by molar-refractivity contribution is 8.00. The Morgan fingerprint density at radius 1 is 1.38 bits per heavy atom. The van der Waals surface area contributed by atoms with Crippen LogP contribution in [0.15, 0.2) is 28.8 Å². The maximum absolute atomic E-state index is 12.4. The van der Waals surface area contributed by atoms with Crippen molar-refractivity contribution >= 4 is 47.0 Å². The zero-order chi connectivity index (χ0) is 21.6. The first-order chi connectivity index (χ1) is 13.7. The first-order valence-electron chi connectivity index (χ1n) is 8.07. The number of thioether (sulfide) groups is 1. The van der Waals surface area contributed by atoms with Crippen LogP contribution in [0.25, 0.3) is 0 Å². The van der Waals surface area contributed by atoms with Crippen molar-refractivity contribution in [3.05, 3.63) is 33.7 Å².